The molecular formula is C33H30N2O6. The van der Waals surface area contributed by atoms with Crippen molar-refractivity contribution in [3.63, 3.8) is 0 Å². The van der Waals surface area contributed by atoms with Gasteiger partial charge in [-0.05, 0) is 91.2 Å². The lowest BCUT2D eigenvalue weighted by Crippen LogP contribution is -2.05. The summed E-state index contributed by atoms with van der Waals surface area (Å²) in [7, 11) is 3.23. The van der Waals surface area contributed by atoms with Crippen LogP contribution in [0.15, 0.2) is 117 Å². The molecular weight excluding hydrogens is 520 g/mol. The molecule has 0 saturated carbocycles. The van der Waals surface area contributed by atoms with Crippen LogP contribution < -0.4 is 24.4 Å². The second-order valence-electron chi connectivity index (χ2n) is 9.16. The van der Waals surface area contributed by atoms with Gasteiger partial charge in [-0.2, -0.15) is 10.2 Å². The second-order valence-corrected chi connectivity index (χ2v) is 9.16. The predicted molar refractivity (Wildman–Crippen MR) is 158 cm³/mol. The summed E-state index contributed by atoms with van der Waals surface area (Å²) in [6, 6.07) is 27.5. The predicted octanol–water partition coefficient (Wildman–Crippen LogP) is 8.13. The Kier molecular flexibility index (Phi) is 8.91. The normalized spacial score (nSPS) is 11.1. The number of azo groups is 1. The summed E-state index contributed by atoms with van der Waals surface area (Å²) in [5.41, 5.74) is 3.16. The van der Waals surface area contributed by atoms with Gasteiger partial charge in [0, 0.05) is 6.07 Å². The highest BCUT2D eigenvalue weighted by atomic mass is 16.5. The summed E-state index contributed by atoms with van der Waals surface area (Å²) in [5, 5.41) is 9.00. The van der Waals surface area contributed by atoms with Gasteiger partial charge in [-0.15, -0.1) is 0 Å². The highest BCUT2D eigenvalue weighted by molar-refractivity contribution is 5.82. The number of unbranched alkanes of at least 4 members (excludes halogenated alkanes) is 1. The fraction of sp³-hybridized carbons (Fsp3) is 0.182. The maximum atomic E-state index is 13.0. The Bertz CT molecular complexity index is 1660. The van der Waals surface area contributed by atoms with Gasteiger partial charge in [-0.1, -0.05) is 12.1 Å². The summed E-state index contributed by atoms with van der Waals surface area (Å²) >= 11 is 0. The Labute approximate surface area is 237 Å². The molecule has 0 radical (unpaired) electrons. The molecule has 4 aromatic carbocycles. The van der Waals surface area contributed by atoms with E-state index in [2.05, 4.69) is 10.2 Å². The second kappa shape index (κ2) is 13.3. The molecule has 0 fully saturated rings. The van der Waals surface area contributed by atoms with Crippen molar-refractivity contribution in [1.82, 2.24) is 0 Å². The van der Waals surface area contributed by atoms with Crippen molar-refractivity contribution >= 4 is 22.3 Å². The number of rotatable bonds is 12. The van der Waals surface area contributed by atoms with E-state index in [9.17, 15) is 4.79 Å². The Balaban J connectivity index is 1.06. The Morgan fingerprint density at radius 1 is 0.634 bits per heavy atom. The molecule has 0 N–H and O–H groups in total. The molecule has 8 nitrogen and oxygen atoms in total. The van der Waals surface area contributed by atoms with Crippen LogP contribution in [0.2, 0.25) is 0 Å². The number of nitrogens with zero attached hydrogens (tertiary/aromatic N) is 2. The quantitative estimate of drug-likeness (QED) is 0.115. The zero-order valence-corrected chi connectivity index (χ0v) is 22.9. The van der Waals surface area contributed by atoms with Gasteiger partial charge in [-0.25, -0.2) is 0 Å². The van der Waals surface area contributed by atoms with E-state index < -0.39 is 0 Å². The lowest BCUT2D eigenvalue weighted by atomic mass is 10.1. The molecule has 8 heteroatoms. The van der Waals surface area contributed by atoms with E-state index in [1.54, 1.807) is 32.4 Å². The van der Waals surface area contributed by atoms with Gasteiger partial charge in [0.25, 0.3) is 0 Å². The minimum absolute atomic E-state index is 0.0894. The van der Waals surface area contributed by atoms with Crippen molar-refractivity contribution in [2.75, 3.05) is 27.4 Å². The molecule has 0 bridgehead atoms. The van der Waals surface area contributed by atoms with E-state index in [4.69, 9.17) is 23.4 Å². The average molecular weight is 551 g/mol. The number of fused-ring (bicyclic) bond motifs is 1. The van der Waals surface area contributed by atoms with Gasteiger partial charge in [0.1, 0.15) is 34.8 Å². The molecule has 0 atom stereocenters. The summed E-state index contributed by atoms with van der Waals surface area (Å²) < 4.78 is 27.8. The fourth-order valence-corrected chi connectivity index (χ4v) is 4.13. The molecule has 5 aromatic rings. The molecule has 0 aliphatic carbocycles. The third-order valence-corrected chi connectivity index (χ3v) is 6.41. The van der Waals surface area contributed by atoms with Crippen molar-refractivity contribution in [2.24, 2.45) is 10.2 Å². The van der Waals surface area contributed by atoms with E-state index >= 15 is 0 Å². The average Bonchev–Trinajstić information content (AvgIpc) is 3.03. The largest absolute Gasteiger partial charge is 0.497 e. The number of hydrogen-bond acceptors (Lipinski definition) is 8. The summed E-state index contributed by atoms with van der Waals surface area (Å²) in [6.07, 6.45) is 3.13. The molecule has 0 unspecified atom stereocenters. The molecule has 5 rings (SSSR count). The van der Waals surface area contributed by atoms with Gasteiger partial charge in [0.05, 0.1) is 49.8 Å². The first kappa shape index (κ1) is 27.5. The van der Waals surface area contributed by atoms with Crippen molar-refractivity contribution in [2.45, 2.75) is 12.8 Å². The number of hydrogen-bond donors (Lipinski definition) is 0. The molecule has 208 valence electrons. The first-order valence-electron chi connectivity index (χ1n) is 13.2. The van der Waals surface area contributed by atoms with Crippen LogP contribution >= 0.6 is 0 Å². The molecule has 0 saturated heterocycles. The van der Waals surface area contributed by atoms with Gasteiger partial charge in [-0.3, -0.25) is 4.79 Å². The van der Waals surface area contributed by atoms with Gasteiger partial charge < -0.3 is 23.4 Å². The first-order valence-corrected chi connectivity index (χ1v) is 13.2. The highest BCUT2D eigenvalue weighted by Crippen LogP contribution is 2.25. The van der Waals surface area contributed by atoms with Crippen LogP contribution in [0.5, 0.6) is 23.0 Å². The number of benzene rings is 4. The van der Waals surface area contributed by atoms with Crippen molar-refractivity contribution in [3.05, 3.63) is 107 Å². The van der Waals surface area contributed by atoms with E-state index in [1.165, 1.54) is 6.26 Å². The highest BCUT2D eigenvalue weighted by Gasteiger charge is 2.10. The van der Waals surface area contributed by atoms with Crippen LogP contribution in [0, 0.1) is 0 Å². The molecule has 0 aliphatic rings. The first-order chi connectivity index (χ1) is 20.1. The number of ether oxygens (including phenoxy) is 4. The molecule has 41 heavy (non-hydrogen) atoms. The van der Waals surface area contributed by atoms with E-state index in [1.807, 2.05) is 72.8 Å². The molecule has 1 aromatic heterocycles. The standard InChI is InChI=1S/C33H30N2O6/c1-37-26-11-5-23(6-12-26)31-22-41-32-21-29(17-18-30(32)33(31)36)40-20-4-3-19-39-28-15-9-25(10-16-28)35-34-24-7-13-27(38-2)14-8-24/h5-18,21-22H,3-4,19-20H2,1-2H3. The molecule has 0 aliphatic heterocycles. The smallest absolute Gasteiger partial charge is 0.200 e. The summed E-state index contributed by atoms with van der Waals surface area (Å²) in [4.78, 5) is 13.0. The lowest BCUT2D eigenvalue weighted by Gasteiger charge is -2.09. The van der Waals surface area contributed by atoms with Crippen LogP contribution in [0.3, 0.4) is 0 Å². The van der Waals surface area contributed by atoms with E-state index in [0.29, 0.717) is 35.5 Å². The van der Waals surface area contributed by atoms with Crippen molar-refractivity contribution in [3.8, 4) is 34.1 Å². The van der Waals surface area contributed by atoms with Crippen LogP contribution in [0.25, 0.3) is 22.1 Å². The van der Waals surface area contributed by atoms with Gasteiger partial charge in [0.15, 0.2) is 5.43 Å². The lowest BCUT2D eigenvalue weighted by molar-refractivity contribution is 0.266. The molecule has 0 amide bonds. The fourth-order valence-electron chi connectivity index (χ4n) is 4.13. The van der Waals surface area contributed by atoms with Crippen LogP contribution in [0.1, 0.15) is 12.8 Å². The Morgan fingerprint density at radius 2 is 1.15 bits per heavy atom. The number of methoxy groups -OCH3 is 2. The van der Waals surface area contributed by atoms with Crippen LogP contribution in [-0.4, -0.2) is 27.4 Å². The van der Waals surface area contributed by atoms with Crippen molar-refractivity contribution < 1.29 is 23.4 Å². The van der Waals surface area contributed by atoms with Gasteiger partial charge in [0.2, 0.25) is 0 Å². The summed E-state index contributed by atoms with van der Waals surface area (Å²) in [5.74, 6) is 2.93. The van der Waals surface area contributed by atoms with E-state index in [0.717, 1.165) is 47.0 Å². The minimum Gasteiger partial charge on any atom is -0.497 e. The summed E-state index contributed by atoms with van der Waals surface area (Å²) in [6.45, 7) is 1.09. The Morgan fingerprint density at radius 3 is 1.73 bits per heavy atom. The SMILES string of the molecule is COc1ccc(N=Nc2ccc(OCCCCOc3ccc4c(=O)c(-c5ccc(OC)cc5)coc4c3)cc2)cc1. The van der Waals surface area contributed by atoms with Crippen molar-refractivity contribution in [1.29, 1.82) is 0 Å². The topological polar surface area (TPSA) is 91.9 Å². The van der Waals surface area contributed by atoms with Crippen LogP contribution in [-0.2, 0) is 0 Å². The van der Waals surface area contributed by atoms with E-state index in [-0.39, 0.29) is 5.43 Å². The molecule has 1 heterocycles. The maximum Gasteiger partial charge on any atom is 0.200 e. The maximum absolute atomic E-state index is 13.0. The molecule has 0 spiro atoms. The Hall–Kier alpha value is -5.11. The minimum atomic E-state index is -0.0894. The van der Waals surface area contributed by atoms with Crippen LogP contribution in [0.4, 0.5) is 11.4 Å². The van der Waals surface area contributed by atoms with Gasteiger partial charge >= 0.3 is 0 Å². The zero-order valence-electron chi connectivity index (χ0n) is 22.9. The third-order valence-electron chi connectivity index (χ3n) is 6.41. The monoisotopic (exact) mass is 550 g/mol. The zero-order chi connectivity index (χ0) is 28.4. The third kappa shape index (κ3) is 7.10.